The Kier molecular flexibility index (Phi) is 4.72. The fraction of sp³-hybridized carbons (Fsp3) is 0.438. The average molecular weight is 369 g/mol. The molecule has 112 valence electrons. The molecule has 0 aliphatic heterocycles. The average Bonchev–Trinajstić information content (AvgIpc) is 3.23. The number of thiazole rings is 1. The van der Waals surface area contributed by atoms with E-state index in [9.17, 15) is 4.39 Å². The van der Waals surface area contributed by atoms with Crippen LogP contribution in [0.4, 0.5) is 4.39 Å². The minimum Gasteiger partial charge on any atom is -0.312 e. The Hall–Kier alpha value is -0.780. The van der Waals surface area contributed by atoms with Crippen LogP contribution in [0.3, 0.4) is 0 Å². The van der Waals surface area contributed by atoms with Gasteiger partial charge in [0.15, 0.2) is 0 Å². The predicted molar refractivity (Wildman–Crippen MR) is 89.2 cm³/mol. The summed E-state index contributed by atoms with van der Waals surface area (Å²) in [5.41, 5.74) is 1.77. The molecule has 1 aromatic heterocycles. The van der Waals surface area contributed by atoms with Crippen LogP contribution in [-0.2, 0) is 6.54 Å². The van der Waals surface area contributed by atoms with E-state index >= 15 is 0 Å². The summed E-state index contributed by atoms with van der Waals surface area (Å²) in [5, 5.41) is 4.23. The fourth-order valence-corrected chi connectivity index (χ4v) is 3.82. The minimum absolute atomic E-state index is 0.206. The number of halogens is 2. The summed E-state index contributed by atoms with van der Waals surface area (Å²) in [6.45, 7) is 4.00. The molecule has 0 spiro atoms. The third-order valence-electron chi connectivity index (χ3n) is 3.56. The standard InChI is InChI=1S/C16H18BrFN2S/c1-2-7-19-9-14-15(10-3-4-10)20-16(21-14)12-8-11(17)5-6-13(12)18/h5-6,8,10,19H,2-4,7,9H2,1H3. The topological polar surface area (TPSA) is 24.9 Å². The lowest BCUT2D eigenvalue weighted by Gasteiger charge is -2.01. The number of rotatable bonds is 6. The first kappa shape index (κ1) is 15.1. The third-order valence-corrected chi connectivity index (χ3v) is 5.16. The smallest absolute Gasteiger partial charge is 0.133 e. The quantitative estimate of drug-likeness (QED) is 0.718. The zero-order valence-electron chi connectivity index (χ0n) is 12.0. The van der Waals surface area contributed by atoms with Crippen molar-refractivity contribution in [1.82, 2.24) is 10.3 Å². The first-order valence-electron chi connectivity index (χ1n) is 7.34. The molecule has 2 aromatic rings. The van der Waals surface area contributed by atoms with Crippen molar-refractivity contribution in [1.29, 1.82) is 0 Å². The van der Waals surface area contributed by atoms with Crippen LogP contribution < -0.4 is 5.32 Å². The molecule has 0 saturated heterocycles. The van der Waals surface area contributed by atoms with Gasteiger partial charge in [-0.2, -0.15) is 0 Å². The number of benzene rings is 1. The first-order chi connectivity index (χ1) is 10.2. The molecule has 2 nitrogen and oxygen atoms in total. The van der Waals surface area contributed by atoms with Gasteiger partial charge in [-0.1, -0.05) is 22.9 Å². The zero-order chi connectivity index (χ0) is 14.8. The molecule has 1 aliphatic rings. The van der Waals surface area contributed by atoms with Gasteiger partial charge in [0.05, 0.1) is 5.69 Å². The number of nitrogens with one attached hydrogen (secondary N) is 1. The van der Waals surface area contributed by atoms with Crippen LogP contribution in [0.25, 0.3) is 10.6 Å². The monoisotopic (exact) mass is 368 g/mol. The van der Waals surface area contributed by atoms with Crippen LogP contribution in [0, 0.1) is 5.82 Å². The molecule has 1 N–H and O–H groups in total. The third kappa shape index (κ3) is 3.52. The SMILES string of the molecule is CCCNCc1sc(-c2cc(Br)ccc2F)nc1C1CC1. The highest BCUT2D eigenvalue weighted by atomic mass is 79.9. The van der Waals surface area contributed by atoms with Crippen LogP contribution in [0.2, 0.25) is 0 Å². The summed E-state index contributed by atoms with van der Waals surface area (Å²) >= 11 is 5.03. The van der Waals surface area contributed by atoms with Gasteiger partial charge in [0.1, 0.15) is 10.8 Å². The van der Waals surface area contributed by atoms with Crippen LogP contribution in [0.5, 0.6) is 0 Å². The number of nitrogens with zero attached hydrogens (tertiary/aromatic N) is 1. The lowest BCUT2D eigenvalue weighted by Crippen LogP contribution is -2.13. The first-order valence-corrected chi connectivity index (χ1v) is 8.95. The van der Waals surface area contributed by atoms with Crippen molar-refractivity contribution in [3.8, 4) is 10.6 Å². The molecule has 1 fully saturated rings. The molecular formula is C16H18BrFN2S. The second-order valence-electron chi connectivity index (χ2n) is 5.40. The van der Waals surface area contributed by atoms with Crippen molar-refractivity contribution in [2.24, 2.45) is 0 Å². The maximum Gasteiger partial charge on any atom is 0.133 e. The van der Waals surface area contributed by atoms with E-state index in [0.717, 1.165) is 29.0 Å². The highest BCUT2D eigenvalue weighted by Crippen LogP contribution is 2.44. The van der Waals surface area contributed by atoms with Crippen LogP contribution in [-0.4, -0.2) is 11.5 Å². The number of hydrogen-bond donors (Lipinski definition) is 1. The van der Waals surface area contributed by atoms with E-state index in [1.165, 1.54) is 29.5 Å². The van der Waals surface area contributed by atoms with Crippen molar-refractivity contribution in [3.63, 3.8) is 0 Å². The molecule has 1 saturated carbocycles. The van der Waals surface area contributed by atoms with E-state index in [1.54, 1.807) is 17.4 Å². The molecule has 21 heavy (non-hydrogen) atoms. The lowest BCUT2D eigenvalue weighted by molar-refractivity contribution is 0.631. The van der Waals surface area contributed by atoms with Crippen LogP contribution >= 0.6 is 27.3 Å². The van der Waals surface area contributed by atoms with Gasteiger partial charge in [-0.05, 0) is 44.0 Å². The number of hydrogen-bond acceptors (Lipinski definition) is 3. The van der Waals surface area contributed by atoms with E-state index in [2.05, 4.69) is 28.2 Å². The summed E-state index contributed by atoms with van der Waals surface area (Å²) in [4.78, 5) is 6.01. The highest BCUT2D eigenvalue weighted by Gasteiger charge is 2.30. The summed E-state index contributed by atoms with van der Waals surface area (Å²) < 4.78 is 14.9. The maximum atomic E-state index is 14.0. The molecule has 1 aromatic carbocycles. The van der Waals surface area contributed by atoms with Gasteiger partial charge < -0.3 is 5.32 Å². The van der Waals surface area contributed by atoms with Crippen molar-refractivity contribution in [3.05, 3.63) is 39.1 Å². The Bertz CT molecular complexity index is 637. The van der Waals surface area contributed by atoms with Crippen molar-refractivity contribution >= 4 is 27.3 Å². The normalized spacial score (nSPS) is 14.6. The molecule has 0 unspecified atom stereocenters. The largest absolute Gasteiger partial charge is 0.312 e. The van der Waals surface area contributed by atoms with E-state index in [0.29, 0.717) is 11.5 Å². The second-order valence-corrected chi connectivity index (χ2v) is 7.40. The van der Waals surface area contributed by atoms with Crippen LogP contribution in [0.15, 0.2) is 22.7 Å². The number of aromatic nitrogens is 1. The Morgan fingerprint density at radius 1 is 1.43 bits per heavy atom. The molecular weight excluding hydrogens is 351 g/mol. The Labute approximate surface area is 136 Å². The second kappa shape index (κ2) is 6.55. The molecule has 0 radical (unpaired) electrons. The van der Waals surface area contributed by atoms with E-state index in [4.69, 9.17) is 4.98 Å². The Morgan fingerprint density at radius 3 is 2.95 bits per heavy atom. The van der Waals surface area contributed by atoms with Crippen molar-refractivity contribution in [2.75, 3.05) is 6.54 Å². The highest BCUT2D eigenvalue weighted by molar-refractivity contribution is 9.10. The molecule has 0 amide bonds. The van der Waals surface area contributed by atoms with Crippen molar-refractivity contribution in [2.45, 2.75) is 38.6 Å². The molecule has 0 bridgehead atoms. The summed E-state index contributed by atoms with van der Waals surface area (Å²) in [6.07, 6.45) is 3.54. The van der Waals surface area contributed by atoms with E-state index < -0.39 is 0 Å². The Morgan fingerprint density at radius 2 is 2.24 bits per heavy atom. The summed E-state index contributed by atoms with van der Waals surface area (Å²) in [6, 6.07) is 5.03. The molecule has 0 atom stereocenters. The minimum atomic E-state index is -0.206. The molecule has 5 heteroatoms. The van der Waals surface area contributed by atoms with Gasteiger partial charge in [-0.3, -0.25) is 0 Å². The van der Waals surface area contributed by atoms with Crippen molar-refractivity contribution < 1.29 is 4.39 Å². The van der Waals surface area contributed by atoms with Crippen LogP contribution in [0.1, 0.15) is 42.7 Å². The van der Waals surface area contributed by atoms with E-state index in [1.807, 2.05) is 6.07 Å². The van der Waals surface area contributed by atoms with Gasteiger partial charge in [-0.25, -0.2) is 9.37 Å². The van der Waals surface area contributed by atoms with Gasteiger partial charge in [0.25, 0.3) is 0 Å². The predicted octanol–water partition coefficient (Wildman–Crippen LogP) is 5.09. The van der Waals surface area contributed by atoms with Gasteiger partial charge >= 0.3 is 0 Å². The summed E-state index contributed by atoms with van der Waals surface area (Å²) in [7, 11) is 0. The Balaban J connectivity index is 1.92. The summed E-state index contributed by atoms with van der Waals surface area (Å²) in [5.74, 6) is 0.381. The van der Waals surface area contributed by atoms with E-state index in [-0.39, 0.29) is 5.82 Å². The van der Waals surface area contributed by atoms with Gasteiger partial charge in [0, 0.05) is 27.4 Å². The molecule has 1 heterocycles. The van der Waals surface area contributed by atoms with Gasteiger partial charge in [-0.15, -0.1) is 11.3 Å². The molecule has 1 aliphatic carbocycles. The lowest BCUT2D eigenvalue weighted by atomic mass is 10.2. The molecule has 3 rings (SSSR count). The fourth-order valence-electron chi connectivity index (χ4n) is 2.32. The maximum absolute atomic E-state index is 14.0. The van der Waals surface area contributed by atoms with Gasteiger partial charge in [0.2, 0.25) is 0 Å². The zero-order valence-corrected chi connectivity index (χ0v) is 14.4.